The highest BCUT2D eigenvalue weighted by molar-refractivity contribution is 6.10. The van der Waals surface area contributed by atoms with E-state index in [9.17, 15) is 0 Å². The second-order valence-corrected chi connectivity index (χ2v) is 19.5. The smallest absolute Gasteiger partial charge is 0.164 e. The maximum atomic E-state index is 5.33. The summed E-state index contributed by atoms with van der Waals surface area (Å²) in [4.78, 5) is 40.1. The molecule has 0 radical (unpaired) electrons. The minimum absolute atomic E-state index is 0.573. The first-order valence-electron chi connectivity index (χ1n) is 26.6. The van der Waals surface area contributed by atoms with Gasteiger partial charge in [0.15, 0.2) is 34.9 Å². The van der Waals surface area contributed by atoms with Crippen molar-refractivity contribution in [3.8, 4) is 124 Å². The lowest BCUT2D eigenvalue weighted by Crippen LogP contribution is -2.01. The lowest BCUT2D eigenvalue weighted by Gasteiger charge is -2.18. The van der Waals surface area contributed by atoms with Crippen molar-refractivity contribution in [3.05, 3.63) is 279 Å². The van der Waals surface area contributed by atoms with Gasteiger partial charge in [-0.2, -0.15) is 0 Å². The first-order valence-corrected chi connectivity index (χ1v) is 26.6. The highest BCUT2D eigenvalue weighted by Crippen LogP contribution is 2.44. The summed E-state index contributed by atoms with van der Waals surface area (Å²) in [5.41, 5.74) is 15.8. The topological polar surface area (TPSA) is 103 Å². The van der Waals surface area contributed by atoms with E-state index in [2.05, 4.69) is 157 Å². The van der Waals surface area contributed by atoms with Crippen LogP contribution in [0.1, 0.15) is 0 Å². The fourth-order valence-corrected chi connectivity index (χ4v) is 10.7. The van der Waals surface area contributed by atoms with Crippen LogP contribution in [0.15, 0.2) is 279 Å². The molecular weight excluding hydrogens is 977 g/mol. The van der Waals surface area contributed by atoms with Gasteiger partial charge < -0.3 is 0 Å². The zero-order valence-electron chi connectivity index (χ0n) is 43.1. The molecule has 14 rings (SSSR count). The Morgan fingerprint density at radius 3 is 1.23 bits per heavy atom. The molecule has 0 atom stereocenters. The molecular formula is C72H46N8. The average molecular weight is 1020 g/mol. The highest BCUT2D eigenvalue weighted by atomic mass is 15.0. The van der Waals surface area contributed by atoms with Gasteiger partial charge >= 0.3 is 0 Å². The number of fused-ring (bicyclic) bond motifs is 2. The van der Waals surface area contributed by atoms with Crippen LogP contribution in [0.2, 0.25) is 0 Å². The molecule has 0 saturated heterocycles. The van der Waals surface area contributed by atoms with Gasteiger partial charge in [-0.1, -0.05) is 243 Å². The molecule has 0 spiro atoms. The van der Waals surface area contributed by atoms with Crippen LogP contribution in [0.3, 0.4) is 0 Å². The van der Waals surface area contributed by atoms with E-state index in [1.165, 1.54) is 0 Å². The van der Waals surface area contributed by atoms with Crippen LogP contribution in [0.5, 0.6) is 0 Å². The van der Waals surface area contributed by atoms with E-state index in [-0.39, 0.29) is 0 Å². The minimum Gasteiger partial charge on any atom is -0.264 e. The van der Waals surface area contributed by atoms with Crippen molar-refractivity contribution < 1.29 is 0 Å². The van der Waals surface area contributed by atoms with Crippen molar-refractivity contribution >= 4 is 21.5 Å². The summed E-state index contributed by atoms with van der Waals surface area (Å²) in [5, 5.41) is 4.49. The molecule has 374 valence electrons. The molecule has 8 heteroatoms. The van der Waals surface area contributed by atoms with Gasteiger partial charge in [-0.3, -0.25) is 9.97 Å². The molecule has 14 aromatic rings. The molecule has 4 aromatic heterocycles. The summed E-state index contributed by atoms with van der Waals surface area (Å²) in [6, 6.07) is 89.8. The molecule has 0 bridgehead atoms. The van der Waals surface area contributed by atoms with Crippen LogP contribution < -0.4 is 0 Å². The van der Waals surface area contributed by atoms with E-state index in [1.807, 2.05) is 128 Å². The van der Waals surface area contributed by atoms with Crippen LogP contribution in [-0.4, -0.2) is 39.9 Å². The SMILES string of the molecule is c1ccc(-c2nc(-c3ccccc3)nc(-c3ccc(-c4c(-c5cccnc5)ccc5c(-c6ccccc6-c6nc(-c7ccccc7)nc(-c7ccc(-c8c(-c9ccccn9)ccc9ccccc89)cc7)n6)cccc45)cc3)n2)cc1. The Hall–Kier alpha value is -11.0. The molecule has 0 N–H and O–H groups in total. The fourth-order valence-electron chi connectivity index (χ4n) is 10.7. The van der Waals surface area contributed by atoms with Gasteiger partial charge in [0, 0.05) is 63.1 Å². The van der Waals surface area contributed by atoms with Crippen molar-refractivity contribution in [2.75, 3.05) is 0 Å². The molecule has 0 amide bonds. The largest absolute Gasteiger partial charge is 0.264 e. The van der Waals surface area contributed by atoms with Crippen molar-refractivity contribution in [1.82, 2.24) is 39.9 Å². The zero-order valence-corrected chi connectivity index (χ0v) is 43.1. The standard InChI is InChI=1S/C72H46N8/c1-4-19-50(20-5-1)67-75-68(51-21-6-2-7-22-51)77-70(76-67)53-36-32-48(33-37-53)65-57(55-25-17-44-73-46-55)42-43-60-58(29-16-30-61(60)65)59-27-12-13-28-62(59)72-79-69(52-23-8-3-9-24-52)78-71(80-72)54-38-34-49(35-39-54)66-56-26-11-10-18-47(56)40-41-63(66)64-31-14-15-45-74-64/h1-46H. The van der Waals surface area contributed by atoms with Gasteiger partial charge in [-0.25, -0.2) is 29.9 Å². The molecule has 80 heavy (non-hydrogen) atoms. The molecule has 0 aliphatic carbocycles. The summed E-state index contributed by atoms with van der Waals surface area (Å²) in [6.07, 6.45) is 5.59. The Kier molecular flexibility index (Phi) is 12.4. The van der Waals surface area contributed by atoms with Gasteiger partial charge in [0.2, 0.25) is 0 Å². The Bertz CT molecular complexity index is 4480. The third-order valence-corrected chi connectivity index (χ3v) is 14.6. The summed E-state index contributed by atoms with van der Waals surface area (Å²) in [6.45, 7) is 0. The van der Waals surface area contributed by atoms with Crippen molar-refractivity contribution in [3.63, 3.8) is 0 Å². The zero-order chi connectivity index (χ0) is 53.2. The Balaban J connectivity index is 0.885. The molecule has 0 unspecified atom stereocenters. The maximum Gasteiger partial charge on any atom is 0.164 e. The lowest BCUT2D eigenvalue weighted by molar-refractivity contribution is 1.07. The Labute approximate surface area is 462 Å². The van der Waals surface area contributed by atoms with Gasteiger partial charge in [0.25, 0.3) is 0 Å². The fraction of sp³-hybridized carbons (Fsp3) is 0. The number of hydrogen-bond donors (Lipinski definition) is 0. The summed E-state index contributed by atoms with van der Waals surface area (Å²) >= 11 is 0. The van der Waals surface area contributed by atoms with Gasteiger partial charge in [0.1, 0.15) is 0 Å². The van der Waals surface area contributed by atoms with Crippen LogP contribution in [0.4, 0.5) is 0 Å². The first kappa shape index (κ1) is 47.5. The third-order valence-electron chi connectivity index (χ3n) is 14.6. The molecule has 0 aliphatic rings. The average Bonchev–Trinajstić information content (AvgIpc) is 3.72. The predicted molar refractivity (Wildman–Crippen MR) is 324 cm³/mol. The Morgan fingerprint density at radius 1 is 0.212 bits per heavy atom. The van der Waals surface area contributed by atoms with E-state index in [1.54, 1.807) is 0 Å². The summed E-state index contributed by atoms with van der Waals surface area (Å²) < 4.78 is 0. The summed E-state index contributed by atoms with van der Waals surface area (Å²) in [5.74, 6) is 3.57. The van der Waals surface area contributed by atoms with Crippen LogP contribution in [0, 0.1) is 0 Å². The molecule has 0 fully saturated rings. The van der Waals surface area contributed by atoms with E-state index >= 15 is 0 Å². The first-order chi connectivity index (χ1) is 39.7. The van der Waals surface area contributed by atoms with Gasteiger partial charge in [-0.05, 0) is 78.7 Å². The van der Waals surface area contributed by atoms with E-state index in [0.29, 0.717) is 34.9 Å². The summed E-state index contributed by atoms with van der Waals surface area (Å²) in [7, 11) is 0. The number of hydrogen-bond acceptors (Lipinski definition) is 8. The number of nitrogens with zero attached hydrogens (tertiary/aromatic N) is 8. The van der Waals surface area contributed by atoms with Crippen molar-refractivity contribution in [2.45, 2.75) is 0 Å². The second kappa shape index (κ2) is 20.9. The van der Waals surface area contributed by atoms with Gasteiger partial charge in [0.05, 0.1) is 5.69 Å². The number of benzene rings is 10. The highest BCUT2D eigenvalue weighted by Gasteiger charge is 2.21. The number of pyridine rings is 2. The van der Waals surface area contributed by atoms with Gasteiger partial charge in [-0.15, -0.1) is 0 Å². The second-order valence-electron chi connectivity index (χ2n) is 19.5. The van der Waals surface area contributed by atoms with Crippen LogP contribution in [0.25, 0.3) is 146 Å². The maximum absolute atomic E-state index is 5.33. The molecule has 4 heterocycles. The molecule has 8 nitrogen and oxygen atoms in total. The van der Waals surface area contributed by atoms with Crippen molar-refractivity contribution in [1.29, 1.82) is 0 Å². The predicted octanol–water partition coefficient (Wildman–Crippen LogP) is 17.5. The Morgan fingerprint density at radius 2 is 0.662 bits per heavy atom. The van der Waals surface area contributed by atoms with Crippen LogP contribution in [-0.2, 0) is 0 Å². The van der Waals surface area contributed by atoms with E-state index < -0.39 is 0 Å². The van der Waals surface area contributed by atoms with E-state index in [4.69, 9.17) is 34.9 Å². The quantitative estimate of drug-likeness (QED) is 0.126. The number of rotatable bonds is 11. The van der Waals surface area contributed by atoms with E-state index in [0.717, 1.165) is 111 Å². The van der Waals surface area contributed by atoms with Crippen LogP contribution >= 0.6 is 0 Å². The lowest BCUT2D eigenvalue weighted by atomic mass is 9.86. The number of aromatic nitrogens is 8. The minimum atomic E-state index is 0.573. The normalized spacial score (nSPS) is 11.2. The van der Waals surface area contributed by atoms with Crippen molar-refractivity contribution in [2.24, 2.45) is 0 Å². The third kappa shape index (κ3) is 9.12. The molecule has 0 aliphatic heterocycles. The monoisotopic (exact) mass is 1020 g/mol. The molecule has 10 aromatic carbocycles. The molecule has 0 saturated carbocycles.